The van der Waals surface area contributed by atoms with Crippen molar-refractivity contribution in [3.63, 3.8) is 0 Å². The summed E-state index contributed by atoms with van der Waals surface area (Å²) in [5.41, 5.74) is 0. The fourth-order valence-electron chi connectivity index (χ4n) is 2.77. The molecule has 0 rings (SSSR count). The fraction of sp³-hybridized carbons (Fsp3) is 0.783. The van der Waals surface area contributed by atoms with Crippen LogP contribution >= 0.6 is 7.82 Å². The molecule has 0 spiro atoms. The number of aliphatic hydroxyl groups excluding tert-OH is 1. The molecule has 0 amide bonds. The summed E-state index contributed by atoms with van der Waals surface area (Å²) in [6, 6.07) is 0. The second-order valence-corrected chi connectivity index (χ2v) is 8.95. The third kappa shape index (κ3) is 22.0. The highest BCUT2D eigenvalue weighted by Gasteiger charge is 2.22. The quantitative estimate of drug-likeness (QED) is 0.0953. The van der Waals surface area contributed by atoms with E-state index in [1.807, 2.05) is 0 Å². The number of phosphoric acid groups is 1. The lowest BCUT2D eigenvalue weighted by Crippen LogP contribution is -2.23. The summed E-state index contributed by atoms with van der Waals surface area (Å²) >= 11 is 0. The van der Waals surface area contributed by atoms with Crippen LogP contribution in [0.5, 0.6) is 0 Å². The molecular weight excluding hydrogens is 419 g/mol. The molecule has 0 aliphatic rings. The van der Waals surface area contributed by atoms with Crippen LogP contribution in [0.25, 0.3) is 0 Å². The minimum absolute atomic E-state index is 0.0202. The van der Waals surface area contributed by atoms with E-state index in [9.17, 15) is 19.4 Å². The van der Waals surface area contributed by atoms with Gasteiger partial charge in [0.1, 0.15) is 12.7 Å². The molecule has 1 unspecified atom stereocenters. The highest BCUT2D eigenvalue weighted by Crippen LogP contribution is 2.42. The first-order chi connectivity index (χ1) is 14.9. The van der Waals surface area contributed by atoms with Crippen LogP contribution in [0, 0.1) is 0 Å². The molecule has 2 N–H and O–H groups in total. The molecule has 7 nitrogen and oxygen atoms in total. The van der Waals surface area contributed by atoms with Crippen molar-refractivity contribution in [1.29, 1.82) is 0 Å². The van der Waals surface area contributed by atoms with Crippen LogP contribution in [0.2, 0.25) is 0 Å². The van der Waals surface area contributed by atoms with Crippen molar-refractivity contribution in [2.24, 2.45) is 0 Å². The molecule has 0 saturated heterocycles. The molecular formula is C23H43O7P. The van der Waals surface area contributed by atoms with Gasteiger partial charge in [0.25, 0.3) is 0 Å². The zero-order chi connectivity index (χ0) is 23.2. The Morgan fingerprint density at radius 3 is 2.13 bits per heavy atom. The van der Waals surface area contributed by atoms with E-state index in [-0.39, 0.29) is 19.2 Å². The number of hydrogen-bond donors (Lipinski definition) is 2. The Hall–Kier alpha value is -0.980. The van der Waals surface area contributed by atoms with Crippen LogP contribution in [0.1, 0.15) is 90.9 Å². The van der Waals surface area contributed by atoms with E-state index in [4.69, 9.17) is 4.74 Å². The van der Waals surface area contributed by atoms with E-state index in [1.54, 1.807) is 6.92 Å². The summed E-state index contributed by atoms with van der Waals surface area (Å²) in [6.45, 7) is 3.08. The van der Waals surface area contributed by atoms with Gasteiger partial charge in [-0.15, -0.1) is 0 Å². The van der Waals surface area contributed by atoms with Gasteiger partial charge in [-0.3, -0.25) is 13.8 Å². The molecule has 0 aliphatic heterocycles. The number of esters is 1. The lowest BCUT2D eigenvalue weighted by molar-refractivity contribution is -0.147. The summed E-state index contributed by atoms with van der Waals surface area (Å²) in [4.78, 5) is 20.9. The molecule has 0 bridgehead atoms. The van der Waals surface area contributed by atoms with Gasteiger partial charge in [-0.2, -0.15) is 0 Å². The predicted octanol–water partition coefficient (Wildman–Crippen LogP) is 5.86. The number of unbranched alkanes of at least 4 members (excludes halogenated alkanes) is 8. The summed E-state index contributed by atoms with van der Waals surface area (Å²) in [6.07, 6.45) is 20.4. The van der Waals surface area contributed by atoms with Crippen molar-refractivity contribution >= 4 is 13.8 Å². The summed E-state index contributed by atoms with van der Waals surface area (Å²) < 4.78 is 25.4. The monoisotopic (exact) mass is 462 g/mol. The number of carbonyl (C=O) groups is 1. The summed E-state index contributed by atoms with van der Waals surface area (Å²) in [5, 5.41) is 9.63. The van der Waals surface area contributed by atoms with E-state index in [0.717, 1.165) is 44.9 Å². The lowest BCUT2D eigenvalue weighted by Gasteiger charge is -2.14. The molecule has 0 heterocycles. The van der Waals surface area contributed by atoms with Crippen molar-refractivity contribution < 1.29 is 33.1 Å². The van der Waals surface area contributed by atoms with Crippen molar-refractivity contribution in [3.05, 3.63) is 24.3 Å². The Morgan fingerprint density at radius 2 is 1.48 bits per heavy atom. The molecule has 182 valence electrons. The van der Waals surface area contributed by atoms with Crippen LogP contribution in [0.4, 0.5) is 0 Å². The van der Waals surface area contributed by atoms with Crippen LogP contribution in [-0.2, 0) is 23.1 Å². The van der Waals surface area contributed by atoms with E-state index in [2.05, 4.69) is 40.3 Å². The smallest absolute Gasteiger partial charge is 0.463 e. The number of carbonyl (C=O) groups excluding carboxylic acids is 1. The first-order valence-electron chi connectivity index (χ1n) is 11.7. The highest BCUT2D eigenvalue weighted by molar-refractivity contribution is 7.47. The Labute approximate surface area is 188 Å². The van der Waals surface area contributed by atoms with E-state index in [1.165, 1.54) is 25.7 Å². The van der Waals surface area contributed by atoms with Crippen LogP contribution in [0.3, 0.4) is 0 Å². The van der Waals surface area contributed by atoms with E-state index < -0.39 is 20.5 Å². The standard InChI is InChI=1S/C23H43O7P/c1-3-5-6-7-8-9-10-11-12-13-14-15-16-17-18-19-23(25)28-20-22(24)21-30-31(26,27)29-4-2/h8-9,11-12,22,24H,3-7,10,13-21H2,1-2H3,(H,26,27)/b9-8-,12-11-/t22-/m0/s1. The zero-order valence-electron chi connectivity index (χ0n) is 19.4. The van der Waals surface area contributed by atoms with E-state index in [0.29, 0.717) is 6.42 Å². The lowest BCUT2D eigenvalue weighted by atomic mass is 10.1. The third-order valence-corrected chi connectivity index (χ3v) is 5.55. The molecule has 0 saturated carbocycles. The number of aliphatic hydroxyl groups is 1. The largest absolute Gasteiger partial charge is 0.472 e. The average molecular weight is 463 g/mol. The van der Waals surface area contributed by atoms with Gasteiger partial charge in [-0.05, 0) is 45.4 Å². The maximum atomic E-state index is 11.7. The average Bonchev–Trinajstić information content (AvgIpc) is 2.73. The minimum Gasteiger partial charge on any atom is -0.463 e. The van der Waals surface area contributed by atoms with Crippen molar-refractivity contribution in [1.82, 2.24) is 0 Å². The van der Waals surface area contributed by atoms with Crippen LogP contribution in [-0.4, -0.2) is 41.9 Å². The maximum absolute atomic E-state index is 11.7. The molecule has 0 aromatic carbocycles. The first-order valence-corrected chi connectivity index (χ1v) is 13.2. The molecule has 0 aliphatic carbocycles. The summed E-state index contributed by atoms with van der Waals surface area (Å²) in [7, 11) is -4.15. The Balaban J connectivity index is 3.51. The predicted molar refractivity (Wildman–Crippen MR) is 124 cm³/mol. The van der Waals surface area contributed by atoms with Gasteiger partial charge in [0.05, 0.1) is 13.2 Å². The van der Waals surface area contributed by atoms with Crippen molar-refractivity contribution in [3.8, 4) is 0 Å². The summed E-state index contributed by atoms with van der Waals surface area (Å²) in [5.74, 6) is -0.387. The molecule has 2 atom stereocenters. The Kier molecular flexibility index (Phi) is 20.2. The highest BCUT2D eigenvalue weighted by atomic mass is 31.2. The SMILES string of the molecule is CCCCC/C=C\C/C=C\CCCCCCCC(=O)OC[C@H](O)COP(=O)(O)OCC. The zero-order valence-corrected chi connectivity index (χ0v) is 20.3. The second kappa shape index (κ2) is 20.9. The number of ether oxygens (including phenoxy) is 1. The van der Waals surface area contributed by atoms with Gasteiger partial charge in [0.15, 0.2) is 0 Å². The topological polar surface area (TPSA) is 102 Å². The van der Waals surface area contributed by atoms with Gasteiger partial charge in [-0.25, -0.2) is 4.57 Å². The number of hydrogen-bond acceptors (Lipinski definition) is 6. The van der Waals surface area contributed by atoms with Gasteiger partial charge in [0, 0.05) is 6.42 Å². The number of allylic oxidation sites excluding steroid dienone is 4. The normalized spacial score (nSPS) is 14.8. The van der Waals surface area contributed by atoms with Gasteiger partial charge >= 0.3 is 13.8 Å². The van der Waals surface area contributed by atoms with Crippen molar-refractivity contribution in [2.75, 3.05) is 19.8 Å². The van der Waals surface area contributed by atoms with Gasteiger partial charge in [-0.1, -0.05) is 63.3 Å². The molecule has 0 fully saturated rings. The Bertz CT molecular complexity index is 534. The van der Waals surface area contributed by atoms with Crippen molar-refractivity contribution in [2.45, 2.75) is 97.0 Å². The molecule has 0 aromatic rings. The molecule has 31 heavy (non-hydrogen) atoms. The van der Waals surface area contributed by atoms with E-state index >= 15 is 0 Å². The van der Waals surface area contributed by atoms with Crippen LogP contribution in [0.15, 0.2) is 24.3 Å². The maximum Gasteiger partial charge on any atom is 0.472 e. The Morgan fingerprint density at radius 1 is 0.871 bits per heavy atom. The number of phosphoric ester groups is 1. The fourth-order valence-corrected chi connectivity index (χ4v) is 3.53. The van der Waals surface area contributed by atoms with Gasteiger partial charge in [0.2, 0.25) is 0 Å². The van der Waals surface area contributed by atoms with Gasteiger partial charge < -0.3 is 14.7 Å². The molecule has 0 aromatic heterocycles. The van der Waals surface area contributed by atoms with Crippen LogP contribution < -0.4 is 0 Å². The molecule has 0 radical (unpaired) electrons. The first kappa shape index (κ1) is 30.0. The third-order valence-electron chi connectivity index (χ3n) is 4.49. The minimum atomic E-state index is -4.15. The molecule has 8 heteroatoms. The second-order valence-electron chi connectivity index (χ2n) is 7.50. The number of rotatable bonds is 21.